The Bertz CT molecular complexity index is 712. The van der Waals surface area contributed by atoms with Crippen molar-refractivity contribution in [3.8, 4) is 11.5 Å². The van der Waals surface area contributed by atoms with Gasteiger partial charge in [0.1, 0.15) is 19.0 Å². The highest BCUT2D eigenvalue weighted by Crippen LogP contribution is 2.28. The average Bonchev–Trinajstić information content (AvgIpc) is 2.67. The van der Waals surface area contributed by atoms with Crippen molar-refractivity contribution in [3.05, 3.63) is 48.0 Å². The minimum atomic E-state index is -0.559. The summed E-state index contributed by atoms with van der Waals surface area (Å²) < 4.78 is 11.3. The predicted molar refractivity (Wildman–Crippen MR) is 109 cm³/mol. The summed E-state index contributed by atoms with van der Waals surface area (Å²) in [5.41, 5.74) is 2.09. The summed E-state index contributed by atoms with van der Waals surface area (Å²) in [7, 11) is 5.65. The molecule has 0 radical (unpaired) electrons. The number of aliphatic hydroxyl groups excluding tert-OH is 1. The zero-order valence-corrected chi connectivity index (χ0v) is 17.5. The van der Waals surface area contributed by atoms with E-state index in [-0.39, 0.29) is 6.61 Å². The lowest BCUT2D eigenvalue weighted by atomic mass is 10.2. The molecule has 0 saturated heterocycles. The Balaban J connectivity index is 1.92. The van der Waals surface area contributed by atoms with E-state index in [1.807, 2.05) is 38.4 Å². The van der Waals surface area contributed by atoms with E-state index in [0.29, 0.717) is 24.1 Å². The molecule has 7 nitrogen and oxygen atoms in total. The second kappa shape index (κ2) is 10.9. The number of ether oxygens (including phenoxy) is 2. The summed E-state index contributed by atoms with van der Waals surface area (Å²) in [5, 5.41) is 10.2. The van der Waals surface area contributed by atoms with Crippen LogP contribution in [0.2, 0.25) is 0 Å². The van der Waals surface area contributed by atoms with Gasteiger partial charge >= 0.3 is 0 Å². The van der Waals surface area contributed by atoms with E-state index in [1.54, 1.807) is 19.6 Å². The Morgan fingerprint density at radius 1 is 1.11 bits per heavy atom. The molecule has 0 spiro atoms. The van der Waals surface area contributed by atoms with Gasteiger partial charge in [-0.15, -0.1) is 0 Å². The maximum absolute atomic E-state index is 10.2. The van der Waals surface area contributed by atoms with Gasteiger partial charge in [-0.05, 0) is 51.7 Å². The van der Waals surface area contributed by atoms with Gasteiger partial charge in [-0.3, -0.25) is 4.90 Å². The number of rotatable bonds is 11. The third kappa shape index (κ3) is 7.07. The highest BCUT2D eigenvalue weighted by molar-refractivity contribution is 5.43. The Labute approximate surface area is 167 Å². The zero-order valence-electron chi connectivity index (χ0n) is 17.5. The van der Waals surface area contributed by atoms with Gasteiger partial charge in [0.05, 0.1) is 12.8 Å². The summed E-state index contributed by atoms with van der Waals surface area (Å²) in [6.07, 6.45) is 2.75. The van der Waals surface area contributed by atoms with Crippen molar-refractivity contribution >= 4 is 0 Å². The molecular formula is C21H32N4O3. The molecule has 0 aliphatic heterocycles. The van der Waals surface area contributed by atoms with Gasteiger partial charge in [0, 0.05) is 31.9 Å². The van der Waals surface area contributed by atoms with Gasteiger partial charge in [0.2, 0.25) is 0 Å². The Kier molecular flexibility index (Phi) is 8.63. The number of hydrogen-bond donors (Lipinski definition) is 1. The first-order valence-corrected chi connectivity index (χ1v) is 9.50. The van der Waals surface area contributed by atoms with Crippen LogP contribution in [0.3, 0.4) is 0 Å². The van der Waals surface area contributed by atoms with E-state index >= 15 is 0 Å². The Morgan fingerprint density at radius 2 is 1.89 bits per heavy atom. The van der Waals surface area contributed by atoms with E-state index in [9.17, 15) is 5.11 Å². The molecule has 1 unspecified atom stereocenters. The molecule has 0 aliphatic rings. The highest BCUT2D eigenvalue weighted by Gasteiger charge is 2.14. The van der Waals surface area contributed by atoms with Gasteiger partial charge in [0.15, 0.2) is 11.5 Å². The van der Waals surface area contributed by atoms with E-state index in [2.05, 4.69) is 33.6 Å². The first kappa shape index (κ1) is 22.1. The second-order valence-electron chi connectivity index (χ2n) is 7.36. The van der Waals surface area contributed by atoms with E-state index in [1.165, 1.54) is 0 Å². The fourth-order valence-corrected chi connectivity index (χ4v) is 2.77. The summed E-state index contributed by atoms with van der Waals surface area (Å²) in [6.45, 7) is 6.46. The fraction of sp³-hybridized carbons (Fsp3) is 0.524. The number of aromatic nitrogens is 2. The van der Waals surface area contributed by atoms with Crippen molar-refractivity contribution in [1.29, 1.82) is 0 Å². The van der Waals surface area contributed by atoms with Crippen molar-refractivity contribution in [2.45, 2.75) is 39.1 Å². The number of nitrogens with zero attached hydrogens (tertiary/aromatic N) is 4. The molecule has 28 heavy (non-hydrogen) atoms. The van der Waals surface area contributed by atoms with Crippen LogP contribution in [0, 0.1) is 0 Å². The first-order chi connectivity index (χ1) is 13.4. The standard InChI is InChI=1S/C21H32N4O3/c1-16(2)25(4)13-19(26)14-28-20-7-6-17(10-21(20)27-5)11-24(3)12-18-8-9-22-15-23-18/h6-10,15-16,19,26H,11-14H2,1-5H3. The lowest BCUT2D eigenvalue weighted by molar-refractivity contribution is 0.0668. The smallest absolute Gasteiger partial charge is 0.161 e. The molecule has 0 aliphatic carbocycles. The Hall–Kier alpha value is -2.22. The van der Waals surface area contributed by atoms with Crippen molar-refractivity contribution in [1.82, 2.24) is 19.8 Å². The zero-order chi connectivity index (χ0) is 20.5. The number of likely N-dealkylation sites (N-methyl/N-ethyl adjacent to an activating group) is 1. The van der Waals surface area contributed by atoms with E-state index < -0.39 is 6.10 Å². The van der Waals surface area contributed by atoms with Crippen LogP contribution in [0.25, 0.3) is 0 Å². The second-order valence-corrected chi connectivity index (χ2v) is 7.36. The number of aliphatic hydroxyl groups is 1. The minimum Gasteiger partial charge on any atom is -0.493 e. The van der Waals surface area contributed by atoms with Gasteiger partial charge in [-0.1, -0.05) is 6.07 Å². The van der Waals surface area contributed by atoms with Crippen LogP contribution in [0.4, 0.5) is 0 Å². The van der Waals surface area contributed by atoms with Crippen LogP contribution in [-0.4, -0.2) is 71.4 Å². The van der Waals surface area contributed by atoms with Crippen LogP contribution in [0.15, 0.2) is 36.8 Å². The lowest BCUT2D eigenvalue weighted by Crippen LogP contribution is -2.36. The van der Waals surface area contributed by atoms with Crippen molar-refractivity contribution in [2.24, 2.45) is 0 Å². The van der Waals surface area contributed by atoms with Crippen molar-refractivity contribution < 1.29 is 14.6 Å². The lowest BCUT2D eigenvalue weighted by Gasteiger charge is -2.24. The summed E-state index contributed by atoms with van der Waals surface area (Å²) >= 11 is 0. The van der Waals surface area contributed by atoms with Crippen LogP contribution in [0.1, 0.15) is 25.1 Å². The molecule has 2 aromatic rings. The van der Waals surface area contributed by atoms with Gasteiger partial charge in [-0.25, -0.2) is 9.97 Å². The SMILES string of the molecule is COc1cc(CN(C)Cc2ccncn2)ccc1OCC(O)CN(C)C(C)C. The molecule has 154 valence electrons. The molecule has 7 heteroatoms. The molecule has 1 N–H and O–H groups in total. The molecular weight excluding hydrogens is 356 g/mol. The summed E-state index contributed by atoms with van der Waals surface area (Å²) in [5.74, 6) is 1.30. The van der Waals surface area contributed by atoms with Gasteiger partial charge < -0.3 is 19.5 Å². The normalized spacial score (nSPS) is 12.6. The monoisotopic (exact) mass is 388 g/mol. The molecule has 2 rings (SSSR count). The number of methoxy groups -OCH3 is 1. The minimum absolute atomic E-state index is 0.223. The van der Waals surface area contributed by atoms with Crippen LogP contribution in [-0.2, 0) is 13.1 Å². The van der Waals surface area contributed by atoms with Crippen LogP contribution < -0.4 is 9.47 Å². The topological polar surface area (TPSA) is 71.0 Å². The maximum atomic E-state index is 10.2. The largest absolute Gasteiger partial charge is 0.493 e. The molecule has 1 atom stereocenters. The molecule has 0 saturated carbocycles. The molecule has 1 heterocycles. The van der Waals surface area contributed by atoms with Crippen LogP contribution in [0.5, 0.6) is 11.5 Å². The van der Waals surface area contributed by atoms with Crippen molar-refractivity contribution in [3.63, 3.8) is 0 Å². The maximum Gasteiger partial charge on any atom is 0.161 e. The molecule has 0 bridgehead atoms. The molecule has 1 aromatic heterocycles. The number of benzene rings is 1. The molecule has 0 fully saturated rings. The van der Waals surface area contributed by atoms with E-state index in [4.69, 9.17) is 9.47 Å². The molecule has 0 amide bonds. The third-order valence-corrected chi connectivity index (χ3v) is 4.57. The van der Waals surface area contributed by atoms with Gasteiger partial charge in [0.25, 0.3) is 0 Å². The average molecular weight is 389 g/mol. The number of hydrogen-bond acceptors (Lipinski definition) is 7. The highest BCUT2D eigenvalue weighted by atomic mass is 16.5. The fourth-order valence-electron chi connectivity index (χ4n) is 2.77. The van der Waals surface area contributed by atoms with E-state index in [0.717, 1.165) is 24.3 Å². The predicted octanol–water partition coefficient (Wildman–Crippen LogP) is 2.20. The summed E-state index contributed by atoms with van der Waals surface area (Å²) in [4.78, 5) is 12.5. The quantitative estimate of drug-likeness (QED) is 0.633. The molecule has 1 aromatic carbocycles. The van der Waals surface area contributed by atoms with Crippen molar-refractivity contribution in [2.75, 3.05) is 34.4 Å². The third-order valence-electron chi connectivity index (χ3n) is 4.57. The van der Waals surface area contributed by atoms with Crippen LogP contribution >= 0.6 is 0 Å². The Morgan fingerprint density at radius 3 is 2.54 bits per heavy atom. The van der Waals surface area contributed by atoms with Gasteiger partial charge in [-0.2, -0.15) is 0 Å². The summed E-state index contributed by atoms with van der Waals surface area (Å²) in [6, 6.07) is 8.17. The first-order valence-electron chi connectivity index (χ1n) is 9.50.